The largest absolute Gasteiger partial charge is 0.395 e. The van der Waals surface area contributed by atoms with Crippen LogP contribution in [0.2, 0.25) is 0 Å². The van der Waals surface area contributed by atoms with Crippen LogP contribution in [0.25, 0.3) is 0 Å². The van der Waals surface area contributed by atoms with Crippen LogP contribution in [0.4, 0.5) is 0 Å². The summed E-state index contributed by atoms with van der Waals surface area (Å²) in [7, 11) is -3.38. The molecule has 1 aromatic rings. The van der Waals surface area contributed by atoms with Gasteiger partial charge in [0.1, 0.15) is 4.90 Å². The van der Waals surface area contributed by atoms with Gasteiger partial charge in [0.25, 0.3) is 0 Å². The highest BCUT2D eigenvalue weighted by molar-refractivity contribution is 7.84. The zero-order valence-corrected chi connectivity index (χ0v) is 9.63. The molecule has 0 saturated heterocycles. The molecule has 0 fully saturated rings. The minimum absolute atomic E-state index is 0.0645. The van der Waals surface area contributed by atoms with Crippen molar-refractivity contribution in [2.24, 2.45) is 0 Å². The summed E-state index contributed by atoms with van der Waals surface area (Å²) in [5.74, 6) is 0. The van der Waals surface area contributed by atoms with Crippen LogP contribution in [0, 0.1) is 0 Å². The highest BCUT2D eigenvalue weighted by Gasteiger charge is 2.20. The van der Waals surface area contributed by atoms with Crippen molar-refractivity contribution < 1.29 is 18.7 Å². The predicted octanol–water partition coefficient (Wildman–Crippen LogP) is -1.38. The second-order valence-corrected chi connectivity index (χ2v) is 5.71. The molecule has 1 aliphatic rings. The molecule has 0 aromatic heterocycles. The van der Waals surface area contributed by atoms with Gasteiger partial charge in [-0.2, -0.15) is 8.42 Å². The summed E-state index contributed by atoms with van der Waals surface area (Å²) < 4.78 is 22.5. The van der Waals surface area contributed by atoms with E-state index in [1.54, 1.807) is 18.2 Å². The quantitative estimate of drug-likeness (QED) is 0.597. The highest BCUT2D eigenvalue weighted by Crippen LogP contribution is 2.19. The van der Waals surface area contributed by atoms with E-state index < -0.39 is 10.0 Å². The maximum Gasteiger partial charge on any atom is 0.322 e. The highest BCUT2D eigenvalue weighted by atomic mass is 32.2. The molecule has 0 amide bonds. The van der Waals surface area contributed by atoms with E-state index in [0.717, 1.165) is 17.5 Å². The minimum Gasteiger partial charge on any atom is -0.395 e. The molecule has 2 rings (SSSR count). The van der Waals surface area contributed by atoms with Gasteiger partial charge < -0.3 is 10.4 Å². The van der Waals surface area contributed by atoms with Gasteiger partial charge in [0, 0.05) is 12.6 Å². The molecule has 0 bridgehead atoms. The predicted molar refractivity (Wildman–Crippen MR) is 57.9 cm³/mol. The average molecular weight is 243 g/mol. The van der Waals surface area contributed by atoms with Gasteiger partial charge in [0.15, 0.2) is 0 Å². The first-order chi connectivity index (χ1) is 7.50. The normalized spacial score (nSPS) is 20.5. The number of aliphatic hydroxyl groups excluding tert-OH is 1. The van der Waals surface area contributed by atoms with Crippen LogP contribution >= 0.6 is 0 Å². The lowest BCUT2D eigenvalue weighted by Crippen LogP contribution is -2.56. The number of fused-ring (bicyclic) bond motifs is 1. The van der Waals surface area contributed by atoms with Crippen molar-refractivity contribution in [3.05, 3.63) is 29.3 Å². The summed E-state index contributed by atoms with van der Waals surface area (Å²) in [6.07, 6.45) is 0.725. The summed E-state index contributed by atoms with van der Waals surface area (Å²) in [6, 6.07) is 5.09. The van der Waals surface area contributed by atoms with E-state index in [2.05, 4.69) is 10.5 Å². The molecule has 0 spiro atoms. The van der Waals surface area contributed by atoms with Crippen molar-refractivity contribution in [1.82, 2.24) is 5.32 Å². The Labute approximate surface area is 94.3 Å². The standard InChI is InChI=1S/C10H14N2O3S/c11-16(14,15)10-2-1-7-3-9(6-13)12-5-8(7)4-10/h1-2,4,9,12-13H,3,5-6H2,(H2,11,14,15)/p+1/t9-/m0/s1. The third-order valence-corrected chi connectivity index (χ3v) is 3.78. The fourth-order valence-corrected chi connectivity index (χ4v) is 2.48. The average Bonchev–Trinajstić information content (AvgIpc) is 2.26. The number of nitrogens with one attached hydrogen (secondary N) is 1. The van der Waals surface area contributed by atoms with Gasteiger partial charge in [0.05, 0.1) is 6.61 Å². The molecule has 1 aromatic carbocycles. The number of aliphatic hydroxyl groups is 1. The number of benzene rings is 1. The first kappa shape index (κ1) is 11.5. The molecule has 0 unspecified atom stereocenters. The van der Waals surface area contributed by atoms with E-state index >= 15 is 0 Å². The van der Waals surface area contributed by atoms with Crippen LogP contribution < -0.4 is 10.5 Å². The molecule has 1 aliphatic heterocycles. The van der Waals surface area contributed by atoms with E-state index in [4.69, 9.17) is 5.11 Å². The fraction of sp³-hybridized carbons (Fsp3) is 0.400. The van der Waals surface area contributed by atoms with Crippen molar-refractivity contribution in [3.63, 3.8) is 0 Å². The van der Waals surface area contributed by atoms with Gasteiger partial charge in [0.2, 0.25) is 0 Å². The molecule has 0 saturated carbocycles. The molecular weight excluding hydrogens is 228 g/mol. The fourth-order valence-electron chi connectivity index (χ4n) is 1.88. The van der Waals surface area contributed by atoms with Crippen LogP contribution in [0.1, 0.15) is 11.1 Å². The molecule has 1 heterocycles. The maximum absolute atomic E-state index is 11.3. The number of quaternary nitrogens is 1. The molecule has 0 radical (unpaired) electrons. The number of rotatable bonds is 2. The third kappa shape index (κ3) is 2.25. The van der Waals surface area contributed by atoms with Gasteiger partial charge >= 0.3 is 10.0 Å². The Morgan fingerprint density at radius 3 is 2.81 bits per heavy atom. The Morgan fingerprint density at radius 2 is 2.19 bits per heavy atom. The van der Waals surface area contributed by atoms with Gasteiger partial charge in [-0.25, -0.2) is 5.14 Å². The summed E-state index contributed by atoms with van der Waals surface area (Å²) in [5, 5.41) is 15.3. The van der Waals surface area contributed by atoms with Crippen LogP contribution in [0.3, 0.4) is 0 Å². The molecular formula is C10H15N2O3S+. The molecule has 1 atom stereocenters. The zero-order valence-electron chi connectivity index (χ0n) is 8.81. The van der Waals surface area contributed by atoms with Gasteiger partial charge in [-0.15, -0.1) is 0 Å². The smallest absolute Gasteiger partial charge is 0.322 e. The first-order valence-electron chi connectivity index (χ1n) is 5.05. The first-order valence-corrected chi connectivity index (χ1v) is 6.70. The lowest BCUT2D eigenvalue weighted by Gasteiger charge is -2.24. The molecule has 5 nitrogen and oxygen atoms in total. The van der Waals surface area contributed by atoms with Gasteiger partial charge in [-0.3, -0.25) is 0 Å². The van der Waals surface area contributed by atoms with Crippen LogP contribution in [-0.4, -0.2) is 26.2 Å². The summed E-state index contributed by atoms with van der Waals surface area (Å²) in [6.45, 7) is 0.679. The number of sulfonamides is 1. The number of hydrogen-bond acceptors (Lipinski definition) is 4. The van der Waals surface area contributed by atoms with Gasteiger partial charge in [-0.1, -0.05) is 6.07 Å². The van der Waals surface area contributed by atoms with Crippen molar-refractivity contribution in [3.8, 4) is 0 Å². The van der Waals surface area contributed by atoms with E-state index in [9.17, 15) is 8.42 Å². The molecule has 5 N–H and O–H groups in total. The third-order valence-electron chi connectivity index (χ3n) is 2.80. The van der Waals surface area contributed by atoms with Crippen molar-refractivity contribution in [2.75, 3.05) is 6.61 Å². The van der Waals surface area contributed by atoms with Crippen LogP contribution in [0.15, 0.2) is 23.1 Å². The summed E-state index contributed by atoms with van der Waals surface area (Å²) in [4.78, 5) is 0.246. The Hall–Kier alpha value is -0.950. The van der Waals surface area contributed by atoms with Crippen molar-refractivity contribution in [2.45, 2.75) is 23.9 Å². The second-order valence-electron chi connectivity index (χ2n) is 4.01. The number of hydrogen-bond donors (Lipinski definition) is 3. The Balaban J connectivity index is 2.35. The lowest BCUT2D eigenvalue weighted by molar-refractivity contribution is -0.164. The summed E-state index contributed by atoms with van der Waals surface area (Å²) in [5.41, 5.74) is 2.06. The van der Waals surface area contributed by atoms with E-state index in [0.29, 0.717) is 6.54 Å². The maximum atomic E-state index is 11.3. The molecule has 0 aliphatic carbocycles. The van der Waals surface area contributed by atoms with Crippen molar-refractivity contribution >= 4 is 10.0 Å². The zero-order chi connectivity index (χ0) is 11.8. The van der Waals surface area contributed by atoms with E-state index in [1.165, 1.54) is 0 Å². The topological polar surface area (TPSA) is 94.0 Å². The van der Waals surface area contributed by atoms with E-state index in [1.807, 2.05) is 0 Å². The van der Waals surface area contributed by atoms with E-state index in [-0.39, 0.29) is 17.5 Å². The van der Waals surface area contributed by atoms with Crippen LogP contribution in [-0.2, 0) is 23.0 Å². The molecule has 16 heavy (non-hydrogen) atoms. The summed E-state index contributed by atoms with van der Waals surface area (Å²) >= 11 is 0. The Bertz CT molecular complexity index is 499. The lowest BCUT2D eigenvalue weighted by atomic mass is 9.96. The minimum atomic E-state index is -3.38. The molecule has 6 heteroatoms. The molecule has 88 valence electrons. The van der Waals surface area contributed by atoms with Crippen LogP contribution in [0.5, 0.6) is 0 Å². The van der Waals surface area contributed by atoms with Gasteiger partial charge in [-0.05, 0) is 29.7 Å². The van der Waals surface area contributed by atoms with Crippen molar-refractivity contribution in [1.29, 1.82) is 0 Å². The Kier molecular flexibility index (Phi) is 2.98. The Morgan fingerprint density at radius 1 is 1.44 bits per heavy atom. The second kappa shape index (κ2) is 4.14. The SMILES string of the molecule is [NH3+]S(=O)(=O)c1ccc2c(c1)CN[C@H](CO)C2. The monoisotopic (exact) mass is 243 g/mol.